The number of nitrogens with two attached hydrogens (primary N) is 1. The lowest BCUT2D eigenvalue weighted by atomic mass is 9.83. The summed E-state index contributed by atoms with van der Waals surface area (Å²) in [5.41, 5.74) is 5.80. The van der Waals surface area contributed by atoms with Gasteiger partial charge >= 0.3 is 0 Å². The van der Waals surface area contributed by atoms with Gasteiger partial charge in [-0.05, 0) is 53.8 Å². The van der Waals surface area contributed by atoms with Crippen LogP contribution >= 0.6 is 0 Å². The first kappa shape index (κ1) is 15.4. The van der Waals surface area contributed by atoms with E-state index in [1.807, 2.05) is 11.8 Å². The fourth-order valence-electron chi connectivity index (χ4n) is 2.80. The normalized spacial score (nSPS) is 27.8. The van der Waals surface area contributed by atoms with Gasteiger partial charge in [-0.25, -0.2) is 0 Å². The van der Waals surface area contributed by atoms with Gasteiger partial charge in [0, 0.05) is 19.1 Å². The maximum atomic E-state index is 12.6. The van der Waals surface area contributed by atoms with E-state index < -0.39 is 0 Å². The molecule has 18 heavy (non-hydrogen) atoms. The molecule has 1 aliphatic carbocycles. The van der Waals surface area contributed by atoms with Crippen molar-refractivity contribution in [3.05, 3.63) is 0 Å². The van der Waals surface area contributed by atoms with Crippen molar-refractivity contribution in [3.63, 3.8) is 0 Å². The molecule has 2 atom stereocenters. The second kappa shape index (κ2) is 6.53. The van der Waals surface area contributed by atoms with E-state index in [4.69, 9.17) is 5.73 Å². The van der Waals surface area contributed by atoms with Gasteiger partial charge in [0.05, 0.1) is 5.41 Å². The molecule has 0 bridgehead atoms. The molecule has 4 nitrogen and oxygen atoms in total. The highest BCUT2D eigenvalue weighted by atomic mass is 16.2. The average molecular weight is 255 g/mol. The van der Waals surface area contributed by atoms with E-state index in [1.165, 1.54) is 0 Å². The number of amides is 1. The second-order valence-corrected chi connectivity index (χ2v) is 5.96. The smallest absolute Gasteiger partial charge is 0.230 e. The summed E-state index contributed by atoms with van der Waals surface area (Å²) < 4.78 is 0. The molecule has 1 aliphatic rings. The third-order valence-corrected chi connectivity index (χ3v) is 4.22. The predicted octanol–water partition coefficient (Wildman–Crippen LogP) is 1.30. The number of hydrogen-bond acceptors (Lipinski definition) is 3. The number of carbonyl (C=O) groups is 1. The zero-order chi connectivity index (χ0) is 13.8. The lowest BCUT2D eigenvalue weighted by Crippen LogP contribution is -2.49. The molecule has 2 N–H and O–H groups in total. The van der Waals surface area contributed by atoms with Gasteiger partial charge in [0.1, 0.15) is 0 Å². The number of carbonyl (C=O) groups excluding carboxylic acids is 1. The molecule has 1 fully saturated rings. The van der Waals surface area contributed by atoms with Gasteiger partial charge in [-0.1, -0.05) is 6.42 Å². The fraction of sp³-hybridized carbons (Fsp3) is 0.929. The molecule has 0 spiro atoms. The summed E-state index contributed by atoms with van der Waals surface area (Å²) in [5, 5.41) is 0. The van der Waals surface area contributed by atoms with Crippen molar-refractivity contribution < 1.29 is 4.79 Å². The summed E-state index contributed by atoms with van der Waals surface area (Å²) in [6, 6.07) is 0.0351. The van der Waals surface area contributed by atoms with Crippen LogP contribution in [0.5, 0.6) is 0 Å². The van der Waals surface area contributed by atoms with E-state index in [0.29, 0.717) is 0 Å². The van der Waals surface area contributed by atoms with Crippen molar-refractivity contribution in [1.29, 1.82) is 0 Å². The van der Waals surface area contributed by atoms with Crippen molar-refractivity contribution in [2.24, 2.45) is 11.1 Å². The molecule has 1 rings (SSSR count). The molecule has 0 aromatic rings. The quantitative estimate of drug-likeness (QED) is 0.778. The Morgan fingerprint density at radius 1 is 1.39 bits per heavy atom. The minimum Gasteiger partial charge on any atom is -0.342 e. The molecule has 0 aliphatic heterocycles. The standard InChI is InChI=1S/C14H29N3O/c1-5-17(11-7-10-16(3)4)13(18)14(2)9-6-8-12(14)15/h12H,5-11,15H2,1-4H3. The molecular weight excluding hydrogens is 226 g/mol. The number of nitrogens with zero attached hydrogens (tertiary/aromatic N) is 2. The van der Waals surface area contributed by atoms with E-state index in [9.17, 15) is 4.79 Å². The van der Waals surface area contributed by atoms with Crippen LogP contribution in [0.25, 0.3) is 0 Å². The van der Waals surface area contributed by atoms with Gasteiger partial charge in [0.15, 0.2) is 0 Å². The highest BCUT2D eigenvalue weighted by molar-refractivity contribution is 5.83. The van der Waals surface area contributed by atoms with Crippen LogP contribution in [-0.2, 0) is 4.79 Å². The Bertz CT molecular complexity index is 280. The lowest BCUT2D eigenvalue weighted by Gasteiger charge is -2.34. The van der Waals surface area contributed by atoms with Crippen LogP contribution in [-0.4, -0.2) is 55.5 Å². The molecule has 0 saturated heterocycles. The van der Waals surface area contributed by atoms with Crippen LogP contribution in [0.3, 0.4) is 0 Å². The van der Waals surface area contributed by atoms with E-state index in [1.54, 1.807) is 0 Å². The third-order valence-electron chi connectivity index (χ3n) is 4.22. The van der Waals surface area contributed by atoms with Crippen LogP contribution in [0.2, 0.25) is 0 Å². The molecule has 4 heteroatoms. The average Bonchev–Trinajstić information content (AvgIpc) is 2.65. The first-order chi connectivity index (χ1) is 8.41. The Morgan fingerprint density at radius 2 is 2.06 bits per heavy atom. The molecular formula is C14H29N3O. The van der Waals surface area contributed by atoms with Gasteiger partial charge in [-0.15, -0.1) is 0 Å². The molecule has 0 heterocycles. The first-order valence-corrected chi connectivity index (χ1v) is 7.11. The minimum atomic E-state index is -0.325. The highest BCUT2D eigenvalue weighted by Crippen LogP contribution is 2.38. The molecule has 1 amide bonds. The Kier molecular flexibility index (Phi) is 5.60. The van der Waals surface area contributed by atoms with Gasteiger partial charge in [0.25, 0.3) is 0 Å². The second-order valence-electron chi connectivity index (χ2n) is 5.96. The van der Waals surface area contributed by atoms with Gasteiger partial charge < -0.3 is 15.5 Å². The fourth-order valence-corrected chi connectivity index (χ4v) is 2.80. The Morgan fingerprint density at radius 3 is 2.50 bits per heavy atom. The topological polar surface area (TPSA) is 49.6 Å². The Labute approximate surface area is 111 Å². The van der Waals surface area contributed by atoms with Crippen LogP contribution in [0.15, 0.2) is 0 Å². The molecule has 2 unspecified atom stereocenters. The van der Waals surface area contributed by atoms with E-state index >= 15 is 0 Å². The molecule has 106 valence electrons. The lowest BCUT2D eigenvalue weighted by molar-refractivity contribution is -0.141. The van der Waals surface area contributed by atoms with Crippen molar-refractivity contribution >= 4 is 5.91 Å². The third kappa shape index (κ3) is 3.45. The summed E-state index contributed by atoms with van der Waals surface area (Å²) in [5.74, 6) is 0.258. The monoisotopic (exact) mass is 255 g/mol. The maximum Gasteiger partial charge on any atom is 0.230 e. The van der Waals surface area contributed by atoms with E-state index in [2.05, 4.69) is 25.9 Å². The number of hydrogen-bond donors (Lipinski definition) is 1. The SMILES string of the molecule is CCN(CCCN(C)C)C(=O)C1(C)CCCC1N. The van der Waals surface area contributed by atoms with Gasteiger partial charge in [0.2, 0.25) is 5.91 Å². The first-order valence-electron chi connectivity index (χ1n) is 7.11. The van der Waals surface area contributed by atoms with Crippen LogP contribution in [0, 0.1) is 5.41 Å². The van der Waals surface area contributed by atoms with Crippen molar-refractivity contribution in [2.45, 2.75) is 45.6 Å². The molecule has 0 radical (unpaired) electrons. The van der Waals surface area contributed by atoms with Gasteiger partial charge in [-0.2, -0.15) is 0 Å². The van der Waals surface area contributed by atoms with E-state index in [-0.39, 0.29) is 17.4 Å². The Balaban J connectivity index is 2.56. The molecule has 0 aromatic heterocycles. The molecule has 0 aromatic carbocycles. The van der Waals surface area contributed by atoms with Crippen LogP contribution < -0.4 is 5.73 Å². The van der Waals surface area contributed by atoms with Crippen molar-refractivity contribution in [3.8, 4) is 0 Å². The predicted molar refractivity (Wildman–Crippen MR) is 75.4 cm³/mol. The van der Waals surface area contributed by atoms with Crippen LogP contribution in [0.4, 0.5) is 0 Å². The summed E-state index contributed by atoms with van der Waals surface area (Å²) in [4.78, 5) is 16.8. The number of rotatable bonds is 6. The highest BCUT2D eigenvalue weighted by Gasteiger charge is 2.44. The summed E-state index contributed by atoms with van der Waals surface area (Å²) in [6.45, 7) is 6.75. The van der Waals surface area contributed by atoms with Crippen molar-refractivity contribution in [2.75, 3.05) is 33.7 Å². The molecule has 1 saturated carbocycles. The summed E-state index contributed by atoms with van der Waals surface area (Å²) >= 11 is 0. The summed E-state index contributed by atoms with van der Waals surface area (Å²) in [7, 11) is 4.12. The van der Waals surface area contributed by atoms with Crippen LogP contribution in [0.1, 0.15) is 39.5 Å². The maximum absolute atomic E-state index is 12.6. The zero-order valence-corrected chi connectivity index (χ0v) is 12.4. The van der Waals surface area contributed by atoms with E-state index in [0.717, 1.165) is 45.3 Å². The Hall–Kier alpha value is -0.610. The van der Waals surface area contributed by atoms with Gasteiger partial charge in [-0.3, -0.25) is 4.79 Å². The largest absolute Gasteiger partial charge is 0.342 e. The summed E-state index contributed by atoms with van der Waals surface area (Å²) in [6.07, 6.45) is 4.03. The van der Waals surface area contributed by atoms with Crippen molar-refractivity contribution in [1.82, 2.24) is 9.80 Å². The minimum absolute atomic E-state index is 0.0351. The zero-order valence-electron chi connectivity index (χ0n) is 12.4.